The maximum absolute atomic E-state index is 13.0. The van der Waals surface area contributed by atoms with Crippen molar-refractivity contribution in [3.8, 4) is 0 Å². The quantitative estimate of drug-likeness (QED) is 0.644. The Balaban J connectivity index is 2.49. The lowest BCUT2D eigenvalue weighted by molar-refractivity contribution is -0.141. The van der Waals surface area contributed by atoms with Crippen LogP contribution in [0, 0.1) is 13.8 Å². The summed E-state index contributed by atoms with van der Waals surface area (Å²) < 4.78 is 10.6. The van der Waals surface area contributed by atoms with Crippen LogP contribution in [0.15, 0.2) is 9.59 Å². The number of hydrogen-bond donors (Lipinski definition) is 0. The summed E-state index contributed by atoms with van der Waals surface area (Å²) in [5.74, 6) is -0.0401. The third-order valence-corrected chi connectivity index (χ3v) is 5.11. The molecule has 0 saturated carbocycles. The number of aromatic nitrogens is 5. The first kappa shape index (κ1) is 18.0. The molecule has 3 aromatic heterocycles. The van der Waals surface area contributed by atoms with Crippen LogP contribution in [-0.2, 0) is 23.1 Å². The van der Waals surface area contributed by atoms with Crippen LogP contribution in [-0.4, -0.2) is 36.2 Å². The second-order valence-electron chi connectivity index (χ2n) is 6.53. The minimum atomic E-state index is -0.658. The Kier molecular flexibility index (Phi) is 4.25. The van der Waals surface area contributed by atoms with Crippen molar-refractivity contribution in [2.45, 2.75) is 46.7 Å². The number of esters is 1. The Morgan fingerprint density at radius 1 is 1.23 bits per heavy atom. The number of aryl methyl sites for hydroxylation is 2. The van der Waals surface area contributed by atoms with Crippen LogP contribution in [0.3, 0.4) is 0 Å². The number of nitrogens with zero attached hydrogens (tertiary/aromatic N) is 5. The zero-order valence-corrected chi connectivity index (χ0v) is 15.9. The second-order valence-corrected chi connectivity index (χ2v) is 6.53. The summed E-state index contributed by atoms with van der Waals surface area (Å²) >= 11 is 0. The van der Waals surface area contributed by atoms with E-state index in [2.05, 4.69) is 28.1 Å². The van der Waals surface area contributed by atoms with E-state index in [1.165, 1.54) is 11.7 Å². The molecule has 3 rings (SSSR count). The summed E-state index contributed by atoms with van der Waals surface area (Å²) in [7, 11) is 2.76. The molecule has 0 bridgehead atoms. The molecule has 0 saturated heterocycles. The van der Waals surface area contributed by atoms with Crippen LogP contribution in [0.4, 0.5) is 0 Å². The van der Waals surface area contributed by atoms with Gasteiger partial charge in [-0.15, -0.1) is 0 Å². The number of imidazole rings is 2. The molecule has 3 heterocycles. The first-order valence-electron chi connectivity index (χ1n) is 8.50. The molecule has 0 N–H and O–H groups in total. The number of carbonyl (C=O) groups excluding carboxylic acids is 1. The lowest BCUT2D eigenvalue weighted by Crippen LogP contribution is -2.41. The molecule has 0 aliphatic carbocycles. The lowest BCUT2D eigenvalue weighted by atomic mass is 10.2. The largest absolute Gasteiger partial charge is 0.468 e. The molecule has 140 valence electrons. The Morgan fingerprint density at radius 2 is 1.88 bits per heavy atom. The third-order valence-electron chi connectivity index (χ3n) is 5.11. The number of carbonyl (C=O) groups is 1. The molecule has 9 nitrogen and oxygen atoms in total. The minimum absolute atomic E-state index is 0.192. The van der Waals surface area contributed by atoms with Crippen molar-refractivity contribution in [1.29, 1.82) is 0 Å². The van der Waals surface area contributed by atoms with Gasteiger partial charge in [-0.25, -0.2) is 9.36 Å². The molecule has 0 amide bonds. The Morgan fingerprint density at radius 3 is 2.46 bits per heavy atom. The van der Waals surface area contributed by atoms with Gasteiger partial charge in [-0.3, -0.25) is 18.6 Å². The summed E-state index contributed by atoms with van der Waals surface area (Å²) in [5.41, 5.74) is 1.33. The standard InChI is InChI=1S/C17H23N5O4/c1-7-9(2)21-10(3)11(4)22-13-14(18-16(21)22)19(5)17(25)20(15(13)24)8-12(23)26-6/h9H,7-8H2,1-6H3/t9-/m0/s1. The van der Waals surface area contributed by atoms with E-state index in [0.717, 1.165) is 22.4 Å². The lowest BCUT2D eigenvalue weighted by Gasteiger charge is -2.13. The van der Waals surface area contributed by atoms with Crippen molar-refractivity contribution in [2.24, 2.45) is 7.05 Å². The number of hydrogen-bond acceptors (Lipinski definition) is 5. The summed E-state index contributed by atoms with van der Waals surface area (Å²) in [4.78, 5) is 41.8. The van der Waals surface area contributed by atoms with Crippen molar-refractivity contribution >= 4 is 22.9 Å². The highest BCUT2D eigenvalue weighted by atomic mass is 16.5. The van der Waals surface area contributed by atoms with E-state index in [9.17, 15) is 14.4 Å². The SMILES string of the molecule is CC[C@H](C)n1c(C)c(C)n2c3c(=O)n(CC(=O)OC)c(=O)n(C)c3nc12. The van der Waals surface area contributed by atoms with Gasteiger partial charge in [0.15, 0.2) is 11.2 Å². The predicted octanol–water partition coefficient (Wildman–Crippen LogP) is 0.910. The molecule has 0 unspecified atom stereocenters. The van der Waals surface area contributed by atoms with Crippen molar-refractivity contribution in [1.82, 2.24) is 23.1 Å². The fraction of sp³-hybridized carbons (Fsp3) is 0.529. The molecule has 1 atom stereocenters. The summed E-state index contributed by atoms with van der Waals surface area (Å²) in [6.07, 6.45) is 0.902. The fourth-order valence-electron chi connectivity index (χ4n) is 3.32. The van der Waals surface area contributed by atoms with Crippen LogP contribution in [0.5, 0.6) is 0 Å². The number of methoxy groups -OCH3 is 1. The van der Waals surface area contributed by atoms with E-state index in [4.69, 9.17) is 0 Å². The van der Waals surface area contributed by atoms with Crippen LogP contribution in [0.25, 0.3) is 16.9 Å². The Hall–Kier alpha value is -2.84. The van der Waals surface area contributed by atoms with E-state index in [-0.39, 0.29) is 11.6 Å². The van der Waals surface area contributed by atoms with Gasteiger partial charge in [0, 0.05) is 24.5 Å². The molecule has 0 aromatic carbocycles. The van der Waals surface area contributed by atoms with Crippen molar-refractivity contribution in [3.63, 3.8) is 0 Å². The average molecular weight is 361 g/mol. The molecular weight excluding hydrogens is 338 g/mol. The van der Waals surface area contributed by atoms with E-state index in [0.29, 0.717) is 11.4 Å². The minimum Gasteiger partial charge on any atom is -0.468 e. The normalized spacial score (nSPS) is 12.8. The first-order valence-corrected chi connectivity index (χ1v) is 8.50. The highest BCUT2D eigenvalue weighted by Gasteiger charge is 2.24. The van der Waals surface area contributed by atoms with Crippen LogP contribution >= 0.6 is 0 Å². The van der Waals surface area contributed by atoms with Gasteiger partial charge < -0.3 is 9.30 Å². The van der Waals surface area contributed by atoms with Gasteiger partial charge in [-0.1, -0.05) is 6.92 Å². The zero-order valence-electron chi connectivity index (χ0n) is 15.9. The second kappa shape index (κ2) is 6.15. The van der Waals surface area contributed by atoms with Crippen LogP contribution in [0.2, 0.25) is 0 Å². The number of rotatable bonds is 4. The van der Waals surface area contributed by atoms with Gasteiger partial charge >= 0.3 is 11.7 Å². The van der Waals surface area contributed by atoms with Crippen molar-refractivity contribution < 1.29 is 9.53 Å². The Bertz CT molecular complexity index is 1140. The summed E-state index contributed by atoms with van der Waals surface area (Å²) in [6.45, 7) is 7.63. The summed E-state index contributed by atoms with van der Waals surface area (Å²) in [6, 6.07) is 0.192. The van der Waals surface area contributed by atoms with Gasteiger partial charge in [0.1, 0.15) is 6.54 Å². The first-order chi connectivity index (χ1) is 12.2. The third kappa shape index (κ3) is 2.30. The van der Waals surface area contributed by atoms with Crippen molar-refractivity contribution in [3.05, 3.63) is 32.2 Å². The van der Waals surface area contributed by atoms with Crippen LogP contribution < -0.4 is 11.2 Å². The fourth-order valence-corrected chi connectivity index (χ4v) is 3.32. The molecular formula is C17H23N5O4. The maximum Gasteiger partial charge on any atom is 0.333 e. The molecule has 26 heavy (non-hydrogen) atoms. The Labute approximate surface area is 149 Å². The van der Waals surface area contributed by atoms with Gasteiger partial charge in [0.25, 0.3) is 5.56 Å². The molecule has 0 fully saturated rings. The predicted molar refractivity (Wildman–Crippen MR) is 96.7 cm³/mol. The smallest absolute Gasteiger partial charge is 0.333 e. The average Bonchev–Trinajstić information content (AvgIpc) is 3.12. The van der Waals surface area contributed by atoms with E-state index < -0.39 is 23.8 Å². The molecule has 0 aliphatic heterocycles. The molecule has 0 aliphatic rings. The highest BCUT2D eigenvalue weighted by molar-refractivity contribution is 5.77. The maximum atomic E-state index is 13.0. The van der Waals surface area contributed by atoms with Gasteiger partial charge in [-0.2, -0.15) is 4.98 Å². The van der Waals surface area contributed by atoms with E-state index >= 15 is 0 Å². The monoisotopic (exact) mass is 361 g/mol. The number of fused-ring (bicyclic) bond motifs is 3. The molecule has 9 heteroatoms. The molecule has 3 aromatic rings. The van der Waals surface area contributed by atoms with Crippen molar-refractivity contribution in [2.75, 3.05) is 7.11 Å². The molecule has 0 radical (unpaired) electrons. The van der Waals surface area contributed by atoms with E-state index in [1.54, 1.807) is 11.4 Å². The van der Waals surface area contributed by atoms with Gasteiger partial charge in [0.05, 0.1) is 7.11 Å². The van der Waals surface area contributed by atoms with E-state index in [1.807, 2.05) is 13.8 Å². The summed E-state index contributed by atoms with van der Waals surface area (Å²) in [5, 5.41) is 0. The highest BCUT2D eigenvalue weighted by Crippen LogP contribution is 2.25. The van der Waals surface area contributed by atoms with Gasteiger partial charge in [-0.05, 0) is 27.2 Å². The molecule has 0 spiro atoms. The topological polar surface area (TPSA) is 92.5 Å². The zero-order chi connectivity index (χ0) is 19.3. The number of ether oxygens (including phenoxy) is 1. The van der Waals surface area contributed by atoms with Crippen LogP contribution in [0.1, 0.15) is 37.7 Å². The van der Waals surface area contributed by atoms with Gasteiger partial charge in [0.2, 0.25) is 5.78 Å².